The van der Waals surface area contributed by atoms with Gasteiger partial charge in [0.15, 0.2) is 9.84 Å². The highest BCUT2D eigenvalue weighted by atomic mass is 32.2. The molecule has 0 aromatic rings. The largest absolute Gasteiger partial charge is 0.390 e. The number of aliphatic hydroxyl groups is 2. The summed E-state index contributed by atoms with van der Waals surface area (Å²) in [6.45, 7) is 0.379. The highest BCUT2D eigenvalue weighted by Crippen LogP contribution is 2.31. The van der Waals surface area contributed by atoms with Gasteiger partial charge in [-0.05, 0) is 19.3 Å². The van der Waals surface area contributed by atoms with E-state index in [1.54, 1.807) is 0 Å². The molecule has 6 heteroatoms. The van der Waals surface area contributed by atoms with Crippen LogP contribution in [0.1, 0.15) is 19.3 Å². The van der Waals surface area contributed by atoms with Crippen LogP contribution in [0.3, 0.4) is 0 Å². The van der Waals surface area contributed by atoms with Gasteiger partial charge >= 0.3 is 0 Å². The standard InChI is InChI=1S/C9H17NO4S/c11-8-5-15(13,14)4-7(8)10-6-9(12)2-1-3-9/h7-8,10-12H,1-6H2. The van der Waals surface area contributed by atoms with Crippen LogP contribution in [0.15, 0.2) is 0 Å². The molecular weight excluding hydrogens is 218 g/mol. The van der Waals surface area contributed by atoms with Crippen LogP contribution in [0.25, 0.3) is 0 Å². The van der Waals surface area contributed by atoms with E-state index in [0.717, 1.165) is 19.3 Å². The zero-order valence-corrected chi connectivity index (χ0v) is 9.33. The summed E-state index contributed by atoms with van der Waals surface area (Å²) >= 11 is 0. The summed E-state index contributed by atoms with van der Waals surface area (Å²) in [6.07, 6.45) is 1.70. The lowest BCUT2D eigenvalue weighted by Crippen LogP contribution is -2.51. The molecule has 15 heavy (non-hydrogen) atoms. The Morgan fingerprint density at radius 1 is 1.33 bits per heavy atom. The number of hydrogen-bond acceptors (Lipinski definition) is 5. The molecule has 88 valence electrons. The fraction of sp³-hybridized carbons (Fsp3) is 1.00. The first-order valence-electron chi connectivity index (χ1n) is 5.25. The van der Waals surface area contributed by atoms with E-state index in [1.165, 1.54) is 0 Å². The van der Waals surface area contributed by atoms with Crippen molar-refractivity contribution >= 4 is 9.84 Å². The number of hydrogen-bond donors (Lipinski definition) is 3. The molecule has 0 amide bonds. The second-order valence-electron chi connectivity index (χ2n) is 4.71. The van der Waals surface area contributed by atoms with Crippen molar-refractivity contribution < 1.29 is 18.6 Å². The quantitative estimate of drug-likeness (QED) is 0.563. The smallest absolute Gasteiger partial charge is 0.154 e. The lowest BCUT2D eigenvalue weighted by atomic mass is 9.80. The van der Waals surface area contributed by atoms with Crippen molar-refractivity contribution in [2.45, 2.75) is 37.0 Å². The van der Waals surface area contributed by atoms with E-state index < -0.39 is 27.6 Å². The maximum atomic E-state index is 11.2. The minimum atomic E-state index is -3.10. The Balaban J connectivity index is 1.85. The third-order valence-corrected chi connectivity index (χ3v) is 5.02. The van der Waals surface area contributed by atoms with Crippen molar-refractivity contribution in [2.75, 3.05) is 18.1 Å². The minimum Gasteiger partial charge on any atom is -0.390 e. The van der Waals surface area contributed by atoms with Crippen molar-refractivity contribution in [3.05, 3.63) is 0 Å². The molecule has 1 saturated heterocycles. The summed E-state index contributed by atoms with van der Waals surface area (Å²) in [7, 11) is -3.10. The van der Waals surface area contributed by atoms with Gasteiger partial charge in [-0.2, -0.15) is 0 Å². The Morgan fingerprint density at radius 2 is 2.00 bits per heavy atom. The Bertz CT molecular complexity index is 336. The van der Waals surface area contributed by atoms with Gasteiger partial charge in [0.2, 0.25) is 0 Å². The molecule has 0 spiro atoms. The summed E-state index contributed by atoms with van der Waals surface area (Å²) in [5.41, 5.74) is -0.675. The van der Waals surface area contributed by atoms with Gasteiger partial charge in [0.25, 0.3) is 0 Å². The lowest BCUT2D eigenvalue weighted by molar-refractivity contribution is -0.0350. The van der Waals surface area contributed by atoms with Crippen LogP contribution in [0, 0.1) is 0 Å². The van der Waals surface area contributed by atoms with Crippen LogP contribution in [0.5, 0.6) is 0 Å². The lowest BCUT2D eigenvalue weighted by Gasteiger charge is -2.37. The fourth-order valence-corrected chi connectivity index (χ4v) is 3.88. The van der Waals surface area contributed by atoms with Gasteiger partial charge in [-0.25, -0.2) is 8.42 Å². The van der Waals surface area contributed by atoms with E-state index in [1.807, 2.05) is 0 Å². The molecule has 2 fully saturated rings. The summed E-state index contributed by atoms with van der Waals surface area (Å²) in [4.78, 5) is 0. The van der Waals surface area contributed by atoms with Gasteiger partial charge in [-0.3, -0.25) is 0 Å². The zero-order chi connectivity index (χ0) is 11.1. The normalized spacial score (nSPS) is 37.5. The van der Waals surface area contributed by atoms with Crippen LogP contribution in [-0.4, -0.2) is 54.4 Å². The SMILES string of the molecule is O=S1(=O)CC(O)C(NCC2(O)CCC2)C1. The second-order valence-corrected chi connectivity index (χ2v) is 6.86. The van der Waals surface area contributed by atoms with Crippen molar-refractivity contribution in [3.63, 3.8) is 0 Å². The molecule has 0 aromatic carbocycles. The maximum Gasteiger partial charge on any atom is 0.154 e. The molecule has 0 aromatic heterocycles. The van der Waals surface area contributed by atoms with E-state index in [0.29, 0.717) is 6.54 Å². The Kier molecular flexibility index (Phi) is 2.79. The molecule has 2 aliphatic rings. The van der Waals surface area contributed by atoms with Crippen LogP contribution in [0.4, 0.5) is 0 Å². The van der Waals surface area contributed by atoms with Crippen molar-refractivity contribution in [3.8, 4) is 0 Å². The first kappa shape index (κ1) is 11.3. The van der Waals surface area contributed by atoms with Crippen LogP contribution < -0.4 is 5.32 Å². The summed E-state index contributed by atoms with van der Waals surface area (Å²) in [5.74, 6) is -0.187. The summed E-state index contributed by atoms with van der Waals surface area (Å²) in [5, 5.41) is 22.2. The molecule has 0 radical (unpaired) electrons. The highest BCUT2D eigenvalue weighted by molar-refractivity contribution is 7.91. The Morgan fingerprint density at radius 3 is 2.40 bits per heavy atom. The van der Waals surface area contributed by atoms with Gasteiger partial charge in [-0.1, -0.05) is 0 Å². The monoisotopic (exact) mass is 235 g/mol. The van der Waals surface area contributed by atoms with Gasteiger partial charge < -0.3 is 15.5 Å². The fourth-order valence-electron chi connectivity index (χ4n) is 2.11. The third-order valence-electron chi connectivity index (χ3n) is 3.30. The molecule has 1 saturated carbocycles. The van der Waals surface area contributed by atoms with Crippen molar-refractivity contribution in [1.29, 1.82) is 0 Å². The Labute approximate surface area is 89.4 Å². The van der Waals surface area contributed by atoms with E-state index in [2.05, 4.69) is 5.32 Å². The van der Waals surface area contributed by atoms with Crippen LogP contribution >= 0.6 is 0 Å². The topological polar surface area (TPSA) is 86.6 Å². The van der Waals surface area contributed by atoms with Gasteiger partial charge in [0.1, 0.15) is 0 Å². The molecule has 2 unspecified atom stereocenters. The van der Waals surface area contributed by atoms with E-state index in [-0.39, 0.29) is 11.5 Å². The molecule has 2 rings (SSSR count). The molecule has 0 bridgehead atoms. The summed E-state index contributed by atoms with van der Waals surface area (Å²) < 4.78 is 22.4. The third kappa shape index (κ3) is 2.50. The average Bonchev–Trinajstić information content (AvgIpc) is 2.33. The predicted molar refractivity (Wildman–Crippen MR) is 55.3 cm³/mol. The van der Waals surface area contributed by atoms with Gasteiger partial charge in [-0.15, -0.1) is 0 Å². The molecule has 1 heterocycles. The Hall–Kier alpha value is -0.170. The van der Waals surface area contributed by atoms with E-state index >= 15 is 0 Å². The van der Waals surface area contributed by atoms with E-state index in [4.69, 9.17) is 0 Å². The molecule has 1 aliphatic carbocycles. The number of rotatable bonds is 3. The predicted octanol–water partition coefficient (Wildman–Crippen LogP) is -1.35. The van der Waals surface area contributed by atoms with Gasteiger partial charge in [0, 0.05) is 12.6 Å². The van der Waals surface area contributed by atoms with Crippen LogP contribution in [0.2, 0.25) is 0 Å². The number of sulfone groups is 1. The molecule has 2 atom stereocenters. The zero-order valence-electron chi connectivity index (χ0n) is 8.52. The minimum absolute atomic E-state index is 0.0236. The van der Waals surface area contributed by atoms with Gasteiger partial charge in [0.05, 0.1) is 23.2 Å². The highest BCUT2D eigenvalue weighted by Gasteiger charge is 2.39. The average molecular weight is 235 g/mol. The molecule has 1 aliphatic heterocycles. The molecule has 3 N–H and O–H groups in total. The maximum absolute atomic E-state index is 11.2. The number of aliphatic hydroxyl groups excluding tert-OH is 1. The first-order chi connectivity index (χ1) is 6.90. The van der Waals surface area contributed by atoms with E-state index in [9.17, 15) is 18.6 Å². The van der Waals surface area contributed by atoms with Crippen molar-refractivity contribution in [2.24, 2.45) is 0 Å². The summed E-state index contributed by atoms with van der Waals surface area (Å²) in [6, 6.07) is -0.417. The molecular formula is C9H17NO4S. The van der Waals surface area contributed by atoms with Crippen molar-refractivity contribution in [1.82, 2.24) is 5.32 Å². The number of nitrogens with one attached hydrogen (secondary N) is 1. The first-order valence-corrected chi connectivity index (χ1v) is 7.07. The molecule has 5 nitrogen and oxygen atoms in total. The second kappa shape index (κ2) is 3.69. The van der Waals surface area contributed by atoms with Crippen LogP contribution in [-0.2, 0) is 9.84 Å².